The maximum absolute atomic E-state index is 15.2. The fourth-order valence-electron chi connectivity index (χ4n) is 5.78. The van der Waals surface area contributed by atoms with Crippen LogP contribution in [0.25, 0.3) is 17.5 Å². The molecule has 1 fully saturated rings. The van der Waals surface area contributed by atoms with Crippen LogP contribution in [-0.2, 0) is 6.42 Å². The van der Waals surface area contributed by atoms with Crippen LogP contribution in [0.15, 0.2) is 52.4 Å². The molecule has 2 aliphatic rings. The fourth-order valence-corrected chi connectivity index (χ4v) is 10.3. The molecule has 5 rings (SSSR count). The van der Waals surface area contributed by atoms with Crippen LogP contribution in [0.1, 0.15) is 60.5 Å². The van der Waals surface area contributed by atoms with E-state index in [0.29, 0.717) is 33.1 Å². The monoisotopic (exact) mass is 735 g/mol. The number of nitrogens with two attached hydrogens (primary N) is 2. The molecule has 2 aromatic carbocycles. The Labute approximate surface area is 274 Å². The second-order valence-electron chi connectivity index (χ2n) is 11.7. The van der Waals surface area contributed by atoms with Gasteiger partial charge in [-0.1, -0.05) is 0 Å². The van der Waals surface area contributed by atoms with E-state index in [4.69, 9.17) is 23.1 Å². The number of benzene rings is 2. The van der Waals surface area contributed by atoms with Gasteiger partial charge in [-0.15, -0.1) is 0 Å². The zero-order valence-corrected chi connectivity index (χ0v) is 28.4. The van der Waals surface area contributed by atoms with Crippen molar-refractivity contribution in [3.63, 3.8) is 0 Å². The molecule has 0 spiro atoms. The Morgan fingerprint density at radius 3 is 2.82 bits per heavy atom. The Balaban J connectivity index is 1.29. The third kappa shape index (κ3) is 8.20. The third-order valence-electron chi connectivity index (χ3n) is 8.09. The molecule has 2 aliphatic heterocycles. The molecule has 1 unspecified atom stereocenters. The first-order valence-corrected chi connectivity index (χ1v) is 18.3. The summed E-state index contributed by atoms with van der Waals surface area (Å²) < 4.78 is 16.6. The predicted octanol–water partition coefficient (Wildman–Crippen LogP) is -0.0101. The first-order valence-electron chi connectivity index (χ1n) is 15.4. The zero-order valence-electron chi connectivity index (χ0n) is 25.4. The second-order valence-corrected chi connectivity index (χ2v) is 16.2. The van der Waals surface area contributed by atoms with Crippen LogP contribution in [0.5, 0.6) is 0 Å². The Kier molecular flexibility index (Phi) is 11.3. The number of nitrogens with one attached hydrogen (secondary N) is 2. The molecule has 8 nitrogen and oxygen atoms in total. The molecule has 1 saturated heterocycles. The van der Waals surface area contributed by atoms with E-state index < -0.39 is 12.2 Å². The number of anilines is 1. The molecule has 4 atom stereocenters. The molecule has 7 N–H and O–H groups in total. The maximum atomic E-state index is 15.2. The van der Waals surface area contributed by atoms with Crippen molar-refractivity contribution in [1.29, 1.82) is 0 Å². The number of hydrogen-bond acceptors (Lipinski definition) is 6. The number of aliphatic hydroxyl groups is 1. The fraction of sp³-hybridized carbons (Fsp3) is 0.455. The van der Waals surface area contributed by atoms with Crippen molar-refractivity contribution in [2.24, 2.45) is 21.5 Å². The molecular weight excluding hydrogens is 692 g/mol. The minimum absolute atomic E-state index is 0.00330. The van der Waals surface area contributed by atoms with Crippen LogP contribution in [-0.4, -0.2) is 52.4 Å². The molecule has 3 heterocycles. The Morgan fingerprint density at radius 2 is 2.07 bits per heavy atom. The first-order chi connectivity index (χ1) is 21.2. The SMILES string of the molecule is CNCC(N)=NCC[C@@H]1CCC[C@@H](c2ccc(N3C=c4cc(-c5cc(CCC[C@H](C)N)cc([ClH+])c5F)[nH]c4=NC3O)cc2)[I-]1. The quantitative estimate of drug-likeness (QED) is 0.0775. The van der Waals surface area contributed by atoms with E-state index in [1.807, 2.05) is 32.3 Å². The molecule has 44 heavy (non-hydrogen) atoms. The molecular formula is C33H44ClFIN7O. The predicted molar refractivity (Wildman–Crippen MR) is 169 cm³/mol. The number of H-pyrrole nitrogens is 1. The van der Waals surface area contributed by atoms with Gasteiger partial charge in [0.15, 0.2) is 11.6 Å². The summed E-state index contributed by atoms with van der Waals surface area (Å²) in [7, 11) is 1.88. The first kappa shape index (κ1) is 32.9. The summed E-state index contributed by atoms with van der Waals surface area (Å²) in [6, 6.07) is 14.1. The number of nitrogens with zero attached hydrogens (tertiary/aromatic N) is 3. The van der Waals surface area contributed by atoms with Crippen LogP contribution in [0.3, 0.4) is 0 Å². The van der Waals surface area contributed by atoms with Gasteiger partial charge in [-0.25, -0.2) is 0 Å². The van der Waals surface area contributed by atoms with Crippen molar-refractivity contribution >= 4 is 17.7 Å². The molecule has 0 saturated carbocycles. The average Bonchev–Trinajstić information content (AvgIpc) is 3.41. The van der Waals surface area contributed by atoms with Gasteiger partial charge in [0.1, 0.15) is 0 Å². The number of fused-ring (bicyclic) bond motifs is 1. The molecule has 11 heteroatoms. The Bertz CT molecular complexity index is 1580. The van der Waals surface area contributed by atoms with Crippen molar-refractivity contribution < 1.29 is 42.3 Å². The summed E-state index contributed by atoms with van der Waals surface area (Å²) in [4.78, 5) is 13.9. The van der Waals surface area contributed by atoms with Gasteiger partial charge in [0.25, 0.3) is 5.02 Å². The van der Waals surface area contributed by atoms with Gasteiger partial charge >= 0.3 is 205 Å². The number of aryl methyl sites for hydroxylation is 1. The number of amidine groups is 1. The second kappa shape index (κ2) is 15.2. The van der Waals surface area contributed by atoms with Crippen molar-refractivity contribution in [3.05, 3.63) is 75.1 Å². The van der Waals surface area contributed by atoms with Gasteiger partial charge in [0, 0.05) is 12.1 Å². The van der Waals surface area contributed by atoms with Crippen LogP contribution in [0.2, 0.25) is 5.02 Å². The molecule has 0 radical (unpaired) electrons. The van der Waals surface area contributed by atoms with Gasteiger partial charge in [-0.3, -0.25) is 0 Å². The Hall–Kier alpha value is -2.51. The number of halogens is 3. The van der Waals surface area contributed by atoms with Gasteiger partial charge in [0.05, 0.1) is 0 Å². The van der Waals surface area contributed by atoms with Gasteiger partial charge in [-0.2, -0.15) is 4.39 Å². The third-order valence-corrected chi connectivity index (χ3v) is 12.9. The average molecular weight is 736 g/mol. The number of likely N-dealkylation sites (N-methyl/N-ethyl adjacent to an activating group) is 1. The van der Waals surface area contributed by atoms with Crippen LogP contribution < -0.4 is 53.6 Å². The van der Waals surface area contributed by atoms with Crippen molar-refractivity contribution in [2.45, 2.75) is 72.1 Å². The summed E-state index contributed by atoms with van der Waals surface area (Å²) >= 11 is 5.33. The standard InChI is InChI=1S/C33H44ClFIN7O/c1-20(37)5-3-6-21-15-26(31(35)27(34)16-21)29-17-23-19-43(33(44)42-32(23)41-29)25-11-9-22(10-12-25)28-8-4-7-24(36-28)13-14-40-30(38)18-39-2/h9-12,15-17,19-20,24,28,33-34,39,44H,3-8,13-14,18,37H2,1-2H3,(H2,38,40)(H,41,42)/t20-,24-,28-,33?/m0/s1. The summed E-state index contributed by atoms with van der Waals surface area (Å²) in [5, 5.41) is 15.0. The van der Waals surface area contributed by atoms with E-state index >= 15 is 4.39 Å². The summed E-state index contributed by atoms with van der Waals surface area (Å²) in [5.74, 6) is 0.247. The number of aromatic amines is 1. The topological polar surface area (TPSA) is 128 Å². The zero-order chi connectivity index (χ0) is 31.2. The number of rotatable bonds is 12. The van der Waals surface area contributed by atoms with E-state index in [1.165, 1.54) is 24.8 Å². The molecule has 0 amide bonds. The van der Waals surface area contributed by atoms with E-state index in [9.17, 15) is 5.11 Å². The Morgan fingerprint density at radius 1 is 1.27 bits per heavy atom. The normalized spacial score (nSPS) is 21.2. The molecule has 1 aromatic heterocycles. The van der Waals surface area contributed by atoms with E-state index in [0.717, 1.165) is 52.6 Å². The number of aliphatic hydroxyl groups excluding tert-OH is 1. The van der Waals surface area contributed by atoms with Gasteiger partial charge < -0.3 is 5.73 Å². The van der Waals surface area contributed by atoms with Crippen LogP contribution >= 0.6 is 0 Å². The van der Waals surface area contributed by atoms with E-state index in [1.54, 1.807) is 11.0 Å². The van der Waals surface area contributed by atoms with Gasteiger partial charge in [0.2, 0.25) is 0 Å². The number of alkyl halides is 2. The van der Waals surface area contributed by atoms with Gasteiger partial charge in [-0.05, 0) is 31.7 Å². The van der Waals surface area contributed by atoms with Crippen LogP contribution in [0, 0.1) is 17.4 Å². The van der Waals surface area contributed by atoms with Crippen molar-refractivity contribution in [2.75, 3.05) is 25.0 Å². The molecule has 238 valence electrons. The van der Waals surface area contributed by atoms with E-state index in [2.05, 4.69) is 44.6 Å². The summed E-state index contributed by atoms with van der Waals surface area (Å²) in [5.41, 5.74) is 16.6. The molecule has 0 bridgehead atoms. The van der Waals surface area contributed by atoms with E-state index in [-0.39, 0.29) is 32.3 Å². The summed E-state index contributed by atoms with van der Waals surface area (Å²) in [6.07, 6.45) is 8.23. The minimum atomic E-state index is -1.09. The summed E-state index contributed by atoms with van der Waals surface area (Å²) in [6.45, 7) is 3.43. The molecule has 3 aromatic rings. The van der Waals surface area contributed by atoms with Crippen molar-refractivity contribution in [3.8, 4) is 11.3 Å². The van der Waals surface area contributed by atoms with Crippen molar-refractivity contribution in [1.82, 2.24) is 10.3 Å². The number of aromatic nitrogens is 1. The molecule has 0 aliphatic carbocycles. The number of aliphatic imine (C=N–C) groups is 1. The number of hydrogen-bond donors (Lipinski definition) is 5. The van der Waals surface area contributed by atoms with Crippen LogP contribution in [0.4, 0.5) is 10.1 Å².